The number of carbonyl (C=O) groups excluding carboxylic acids is 1. The molecule has 0 aliphatic carbocycles. The van der Waals surface area contributed by atoms with E-state index in [-0.39, 0.29) is 12.3 Å². The van der Waals surface area contributed by atoms with Crippen molar-refractivity contribution in [1.82, 2.24) is 5.43 Å². The van der Waals surface area contributed by atoms with E-state index in [1.807, 2.05) is 18.2 Å². The number of rotatable bonds is 8. The molecule has 2 rings (SSSR count). The van der Waals surface area contributed by atoms with Crippen LogP contribution in [-0.2, 0) is 4.79 Å². The quantitative estimate of drug-likeness (QED) is 0.340. The van der Waals surface area contributed by atoms with Gasteiger partial charge in [0.15, 0.2) is 0 Å². The lowest BCUT2D eigenvalue weighted by atomic mass is 10.2. The minimum absolute atomic E-state index is 0.207. The molecule has 1 N–H and O–H groups in total. The van der Waals surface area contributed by atoms with E-state index in [4.69, 9.17) is 32.7 Å². The van der Waals surface area contributed by atoms with Crippen molar-refractivity contribution in [2.75, 3.05) is 13.7 Å². The highest BCUT2D eigenvalue weighted by atomic mass is 79.9. The third-order valence-electron chi connectivity index (χ3n) is 3.28. The average molecular weight is 460 g/mol. The zero-order valence-electron chi connectivity index (χ0n) is 14.0. The summed E-state index contributed by atoms with van der Waals surface area (Å²) in [4.78, 5) is 11.8. The molecular formula is C18H17BrCl2N2O3. The van der Waals surface area contributed by atoms with E-state index in [1.165, 1.54) is 6.21 Å². The summed E-state index contributed by atoms with van der Waals surface area (Å²) in [6, 6.07) is 10.5. The molecule has 0 radical (unpaired) electrons. The van der Waals surface area contributed by atoms with E-state index in [0.717, 1.165) is 10.0 Å². The Morgan fingerprint density at radius 3 is 2.73 bits per heavy atom. The van der Waals surface area contributed by atoms with Crippen LogP contribution in [0.2, 0.25) is 10.0 Å². The first-order valence-corrected chi connectivity index (χ1v) is 9.28. The summed E-state index contributed by atoms with van der Waals surface area (Å²) in [7, 11) is 1.58. The molecule has 2 aromatic rings. The normalized spacial score (nSPS) is 10.8. The van der Waals surface area contributed by atoms with E-state index >= 15 is 0 Å². The van der Waals surface area contributed by atoms with Gasteiger partial charge in [-0.05, 0) is 42.8 Å². The molecule has 0 saturated carbocycles. The maximum atomic E-state index is 11.8. The summed E-state index contributed by atoms with van der Waals surface area (Å²) in [5.41, 5.74) is 3.23. The zero-order valence-corrected chi connectivity index (χ0v) is 17.1. The Morgan fingerprint density at radius 2 is 2.00 bits per heavy atom. The summed E-state index contributed by atoms with van der Waals surface area (Å²) in [5, 5.41) is 4.93. The number of benzene rings is 2. The Labute approximate surface area is 170 Å². The van der Waals surface area contributed by atoms with E-state index in [1.54, 1.807) is 25.3 Å². The van der Waals surface area contributed by atoms with Gasteiger partial charge in [-0.1, -0.05) is 39.1 Å². The van der Waals surface area contributed by atoms with Gasteiger partial charge < -0.3 is 9.47 Å². The van der Waals surface area contributed by atoms with Crippen molar-refractivity contribution in [2.45, 2.75) is 12.8 Å². The molecule has 8 heteroatoms. The van der Waals surface area contributed by atoms with Crippen molar-refractivity contribution in [1.29, 1.82) is 0 Å². The average Bonchev–Trinajstić information content (AvgIpc) is 2.60. The summed E-state index contributed by atoms with van der Waals surface area (Å²) in [5.74, 6) is 0.997. The molecule has 0 bridgehead atoms. The van der Waals surface area contributed by atoms with Crippen molar-refractivity contribution in [2.24, 2.45) is 5.10 Å². The second-order valence-corrected chi connectivity index (χ2v) is 6.97. The predicted molar refractivity (Wildman–Crippen MR) is 108 cm³/mol. The van der Waals surface area contributed by atoms with Crippen molar-refractivity contribution >= 4 is 51.3 Å². The largest absolute Gasteiger partial charge is 0.496 e. The number of halogens is 3. The van der Waals surface area contributed by atoms with Crippen molar-refractivity contribution < 1.29 is 14.3 Å². The van der Waals surface area contributed by atoms with Crippen LogP contribution in [0.5, 0.6) is 11.5 Å². The van der Waals surface area contributed by atoms with Gasteiger partial charge in [0.2, 0.25) is 5.91 Å². The van der Waals surface area contributed by atoms with Crippen LogP contribution in [0.3, 0.4) is 0 Å². The van der Waals surface area contributed by atoms with Crippen LogP contribution in [0, 0.1) is 0 Å². The van der Waals surface area contributed by atoms with E-state index in [0.29, 0.717) is 34.6 Å². The van der Waals surface area contributed by atoms with Gasteiger partial charge in [0.05, 0.1) is 25.0 Å². The molecule has 26 heavy (non-hydrogen) atoms. The number of hydrazone groups is 1. The summed E-state index contributed by atoms with van der Waals surface area (Å²) in [6.45, 7) is 0.359. The lowest BCUT2D eigenvalue weighted by Crippen LogP contribution is -2.18. The van der Waals surface area contributed by atoms with Crippen molar-refractivity contribution in [3.8, 4) is 11.5 Å². The molecule has 0 aliphatic rings. The number of methoxy groups -OCH3 is 1. The molecule has 5 nitrogen and oxygen atoms in total. The molecule has 0 aromatic heterocycles. The SMILES string of the molecule is COc1ccc(Br)cc1C=NNC(=O)CCCOc1ccc(Cl)cc1Cl. The van der Waals surface area contributed by atoms with Crippen LogP contribution in [0.4, 0.5) is 0 Å². The van der Waals surface area contributed by atoms with E-state index < -0.39 is 0 Å². The van der Waals surface area contributed by atoms with Crippen molar-refractivity contribution in [3.05, 3.63) is 56.5 Å². The Balaban J connectivity index is 1.74. The van der Waals surface area contributed by atoms with Gasteiger partial charge in [-0.2, -0.15) is 5.10 Å². The number of ether oxygens (including phenoxy) is 2. The number of carbonyl (C=O) groups is 1. The fourth-order valence-corrected chi connectivity index (χ4v) is 2.88. The molecule has 0 fully saturated rings. The van der Waals surface area contributed by atoms with E-state index in [2.05, 4.69) is 26.5 Å². The fraction of sp³-hybridized carbons (Fsp3) is 0.222. The summed E-state index contributed by atoms with van der Waals surface area (Å²) in [6.07, 6.45) is 2.34. The van der Waals surface area contributed by atoms with Gasteiger partial charge in [0.25, 0.3) is 0 Å². The standard InChI is InChI=1S/C18H17BrCl2N2O3/c1-25-16-6-4-13(19)9-12(16)11-22-23-18(24)3-2-8-26-17-7-5-14(20)10-15(17)21/h4-7,9-11H,2-3,8H2,1H3,(H,23,24). The summed E-state index contributed by atoms with van der Waals surface area (Å²) < 4.78 is 11.7. The maximum absolute atomic E-state index is 11.8. The van der Waals surface area contributed by atoms with Crippen molar-refractivity contribution in [3.63, 3.8) is 0 Å². The first-order chi connectivity index (χ1) is 12.5. The zero-order chi connectivity index (χ0) is 18.9. The highest BCUT2D eigenvalue weighted by Crippen LogP contribution is 2.27. The molecule has 0 heterocycles. The van der Waals surface area contributed by atoms with Gasteiger partial charge in [-0.15, -0.1) is 0 Å². The lowest BCUT2D eigenvalue weighted by Gasteiger charge is -2.08. The van der Waals surface area contributed by atoms with Crippen LogP contribution in [0.25, 0.3) is 0 Å². The first-order valence-electron chi connectivity index (χ1n) is 7.73. The lowest BCUT2D eigenvalue weighted by molar-refractivity contribution is -0.121. The first kappa shape index (κ1) is 20.6. The number of amides is 1. The second kappa shape index (κ2) is 10.4. The molecular weight excluding hydrogens is 443 g/mol. The number of nitrogens with one attached hydrogen (secondary N) is 1. The molecule has 138 valence electrons. The third-order valence-corrected chi connectivity index (χ3v) is 4.31. The molecule has 0 aliphatic heterocycles. The van der Waals surface area contributed by atoms with Crippen LogP contribution >= 0.6 is 39.1 Å². The van der Waals surface area contributed by atoms with Gasteiger partial charge in [-0.3, -0.25) is 4.79 Å². The maximum Gasteiger partial charge on any atom is 0.240 e. The van der Waals surface area contributed by atoms with Gasteiger partial charge in [0.1, 0.15) is 11.5 Å². The Hall–Kier alpha value is -1.76. The minimum atomic E-state index is -0.207. The Bertz CT molecular complexity index is 800. The van der Waals surface area contributed by atoms with Crippen LogP contribution in [0.1, 0.15) is 18.4 Å². The third kappa shape index (κ3) is 6.52. The highest BCUT2D eigenvalue weighted by molar-refractivity contribution is 9.10. The van der Waals surface area contributed by atoms with Gasteiger partial charge in [-0.25, -0.2) is 5.43 Å². The molecule has 0 atom stereocenters. The Morgan fingerprint density at radius 1 is 1.23 bits per heavy atom. The summed E-state index contributed by atoms with van der Waals surface area (Å²) >= 11 is 15.2. The second-order valence-electron chi connectivity index (χ2n) is 5.21. The molecule has 0 saturated heterocycles. The number of hydrogen-bond donors (Lipinski definition) is 1. The predicted octanol–water partition coefficient (Wildman–Crippen LogP) is 5.07. The fourth-order valence-electron chi connectivity index (χ4n) is 2.04. The molecule has 1 amide bonds. The molecule has 2 aromatic carbocycles. The minimum Gasteiger partial charge on any atom is -0.496 e. The van der Waals surface area contributed by atoms with Crippen LogP contribution in [0.15, 0.2) is 46.0 Å². The van der Waals surface area contributed by atoms with Gasteiger partial charge in [0, 0.05) is 21.5 Å². The molecule has 0 unspecified atom stereocenters. The van der Waals surface area contributed by atoms with E-state index in [9.17, 15) is 4.79 Å². The van der Waals surface area contributed by atoms with Crippen LogP contribution < -0.4 is 14.9 Å². The monoisotopic (exact) mass is 458 g/mol. The molecule has 0 spiro atoms. The Kier molecular flexibility index (Phi) is 8.22. The number of hydrogen-bond acceptors (Lipinski definition) is 4. The topological polar surface area (TPSA) is 59.9 Å². The highest BCUT2D eigenvalue weighted by Gasteiger charge is 2.05. The number of nitrogens with zero attached hydrogens (tertiary/aromatic N) is 1. The van der Waals surface area contributed by atoms with Gasteiger partial charge >= 0.3 is 0 Å². The van der Waals surface area contributed by atoms with Crippen LogP contribution in [-0.4, -0.2) is 25.8 Å². The smallest absolute Gasteiger partial charge is 0.240 e.